The maximum Gasteiger partial charge on any atom is 0.321 e. The van der Waals surface area contributed by atoms with E-state index >= 15 is 0 Å². The topological polar surface area (TPSA) is 73.2 Å². The Bertz CT molecular complexity index is 548. The van der Waals surface area contributed by atoms with Crippen LogP contribution in [-0.2, 0) is 4.79 Å². The highest BCUT2D eigenvalue weighted by molar-refractivity contribution is 5.91. The van der Waals surface area contributed by atoms with Crippen molar-refractivity contribution in [2.45, 2.75) is 13.3 Å². The Kier molecular flexibility index (Phi) is 3.81. The third-order valence-corrected chi connectivity index (χ3v) is 3.20. The molecular weight excluding hydrogens is 242 g/mol. The van der Waals surface area contributed by atoms with E-state index in [9.17, 15) is 9.59 Å². The summed E-state index contributed by atoms with van der Waals surface area (Å²) in [6.07, 6.45) is 0.410. The summed E-state index contributed by atoms with van der Waals surface area (Å²) >= 11 is 0. The molecule has 2 amide bonds. The maximum atomic E-state index is 12.0. The first-order valence-electron chi connectivity index (χ1n) is 6.19. The summed E-state index contributed by atoms with van der Waals surface area (Å²) in [6, 6.07) is 8.55. The van der Waals surface area contributed by atoms with Gasteiger partial charge in [-0.05, 0) is 18.2 Å². The van der Waals surface area contributed by atoms with Gasteiger partial charge in [-0.25, -0.2) is 4.79 Å². The lowest BCUT2D eigenvalue weighted by atomic mass is 9.99. The van der Waals surface area contributed by atoms with Crippen molar-refractivity contribution in [1.82, 2.24) is 4.90 Å². The molecule has 2 rings (SSSR count). The number of hydrogen-bond acceptors (Lipinski definition) is 3. The summed E-state index contributed by atoms with van der Waals surface area (Å²) in [5.41, 5.74) is 1.09. The zero-order valence-corrected chi connectivity index (χ0v) is 10.7. The van der Waals surface area contributed by atoms with E-state index < -0.39 is 0 Å². The average molecular weight is 257 g/mol. The van der Waals surface area contributed by atoms with Gasteiger partial charge in [0.1, 0.15) is 5.78 Å². The zero-order chi connectivity index (χ0) is 13.8. The summed E-state index contributed by atoms with van der Waals surface area (Å²) in [5.74, 6) is 0.0977. The van der Waals surface area contributed by atoms with Crippen LogP contribution >= 0.6 is 0 Å². The molecule has 1 atom stereocenters. The standard InChI is InChI=1S/C14H15N3O2/c1-10-9-17(6-5-13(10)18)14(19)16-12-4-2-3-11(7-12)8-15/h2-4,7,10H,5-6,9H2,1H3,(H,16,19). The van der Waals surface area contributed by atoms with Crippen molar-refractivity contribution >= 4 is 17.5 Å². The Morgan fingerprint density at radius 3 is 3.00 bits per heavy atom. The Morgan fingerprint density at radius 1 is 1.53 bits per heavy atom. The quantitative estimate of drug-likeness (QED) is 0.836. The number of hydrogen-bond donors (Lipinski definition) is 1. The second kappa shape index (κ2) is 5.53. The first-order valence-corrected chi connectivity index (χ1v) is 6.19. The third kappa shape index (κ3) is 3.10. The molecule has 1 aromatic rings. The lowest BCUT2D eigenvalue weighted by molar-refractivity contribution is -0.124. The summed E-state index contributed by atoms with van der Waals surface area (Å²) in [7, 11) is 0. The third-order valence-electron chi connectivity index (χ3n) is 3.20. The van der Waals surface area contributed by atoms with Crippen LogP contribution in [0.1, 0.15) is 18.9 Å². The fourth-order valence-corrected chi connectivity index (χ4v) is 2.07. The SMILES string of the molecule is CC1CN(C(=O)Nc2cccc(C#N)c2)CCC1=O. The molecule has 98 valence electrons. The van der Waals surface area contributed by atoms with Gasteiger partial charge >= 0.3 is 6.03 Å². The van der Waals surface area contributed by atoms with E-state index in [1.54, 1.807) is 29.2 Å². The van der Waals surface area contributed by atoms with Crippen molar-refractivity contribution in [1.29, 1.82) is 5.26 Å². The van der Waals surface area contributed by atoms with Gasteiger partial charge in [-0.3, -0.25) is 4.79 Å². The fraction of sp³-hybridized carbons (Fsp3) is 0.357. The minimum absolute atomic E-state index is 0.107. The molecule has 1 fully saturated rings. The minimum Gasteiger partial charge on any atom is -0.323 e. The van der Waals surface area contributed by atoms with Crippen LogP contribution in [0.15, 0.2) is 24.3 Å². The maximum absolute atomic E-state index is 12.0. The number of rotatable bonds is 1. The number of likely N-dealkylation sites (tertiary alicyclic amines) is 1. The Morgan fingerprint density at radius 2 is 2.32 bits per heavy atom. The minimum atomic E-state index is -0.227. The molecule has 1 aromatic carbocycles. The van der Waals surface area contributed by atoms with E-state index in [-0.39, 0.29) is 17.7 Å². The number of carbonyl (C=O) groups is 2. The van der Waals surface area contributed by atoms with E-state index in [2.05, 4.69) is 5.32 Å². The van der Waals surface area contributed by atoms with E-state index in [0.29, 0.717) is 30.8 Å². The van der Waals surface area contributed by atoms with Crippen LogP contribution in [0, 0.1) is 17.2 Å². The van der Waals surface area contributed by atoms with Crippen molar-refractivity contribution < 1.29 is 9.59 Å². The van der Waals surface area contributed by atoms with Gasteiger partial charge in [0.05, 0.1) is 11.6 Å². The van der Waals surface area contributed by atoms with Gasteiger partial charge in [0.25, 0.3) is 0 Å². The van der Waals surface area contributed by atoms with Crippen LogP contribution in [-0.4, -0.2) is 29.8 Å². The molecule has 19 heavy (non-hydrogen) atoms. The highest BCUT2D eigenvalue weighted by atomic mass is 16.2. The number of Topliss-reactive ketones (excluding diaryl/α,β-unsaturated/α-hetero) is 1. The molecule has 1 unspecified atom stereocenters. The predicted molar refractivity (Wildman–Crippen MR) is 70.5 cm³/mol. The highest BCUT2D eigenvalue weighted by Gasteiger charge is 2.26. The van der Waals surface area contributed by atoms with Crippen molar-refractivity contribution in [2.24, 2.45) is 5.92 Å². The summed E-state index contributed by atoms with van der Waals surface area (Å²) in [6.45, 7) is 2.73. The van der Waals surface area contributed by atoms with Crippen LogP contribution in [0.5, 0.6) is 0 Å². The number of amides is 2. The molecule has 1 aliphatic heterocycles. The van der Waals surface area contributed by atoms with Gasteiger partial charge in [-0.1, -0.05) is 13.0 Å². The summed E-state index contributed by atoms with van der Waals surface area (Å²) in [5, 5.41) is 11.5. The molecule has 1 N–H and O–H groups in total. The number of urea groups is 1. The molecule has 1 heterocycles. The molecule has 0 radical (unpaired) electrons. The van der Waals surface area contributed by atoms with Crippen molar-refractivity contribution in [3.63, 3.8) is 0 Å². The largest absolute Gasteiger partial charge is 0.323 e. The number of nitrogens with zero attached hydrogens (tertiary/aromatic N) is 2. The molecule has 0 aromatic heterocycles. The van der Waals surface area contributed by atoms with Gasteiger partial charge < -0.3 is 10.2 Å². The lowest BCUT2D eigenvalue weighted by Crippen LogP contribution is -2.45. The van der Waals surface area contributed by atoms with E-state index in [1.807, 2.05) is 13.0 Å². The Labute approximate surface area is 111 Å². The summed E-state index contributed by atoms with van der Waals surface area (Å²) in [4.78, 5) is 25.1. The number of anilines is 1. The van der Waals surface area contributed by atoms with Crippen molar-refractivity contribution in [3.05, 3.63) is 29.8 Å². The predicted octanol–water partition coefficient (Wildman–Crippen LogP) is 2.00. The number of carbonyl (C=O) groups excluding carboxylic acids is 2. The first kappa shape index (κ1) is 13.1. The van der Waals surface area contributed by atoms with Crippen LogP contribution < -0.4 is 5.32 Å². The van der Waals surface area contributed by atoms with E-state index in [4.69, 9.17) is 5.26 Å². The van der Waals surface area contributed by atoms with Gasteiger partial charge in [-0.2, -0.15) is 5.26 Å². The first-order chi connectivity index (χ1) is 9.10. The van der Waals surface area contributed by atoms with Crippen LogP contribution in [0.4, 0.5) is 10.5 Å². The molecule has 0 aliphatic carbocycles. The van der Waals surface area contributed by atoms with Gasteiger partial charge in [0, 0.05) is 31.1 Å². The number of ketones is 1. The second-order valence-electron chi connectivity index (χ2n) is 4.69. The Balaban J connectivity index is 2.01. The number of nitriles is 1. The van der Waals surface area contributed by atoms with Crippen LogP contribution in [0.2, 0.25) is 0 Å². The monoisotopic (exact) mass is 257 g/mol. The van der Waals surface area contributed by atoms with Gasteiger partial charge in [0.2, 0.25) is 0 Å². The highest BCUT2D eigenvalue weighted by Crippen LogP contribution is 2.15. The number of benzene rings is 1. The second-order valence-corrected chi connectivity index (χ2v) is 4.69. The van der Waals surface area contributed by atoms with E-state index in [0.717, 1.165) is 0 Å². The number of piperidine rings is 1. The summed E-state index contributed by atoms with van der Waals surface area (Å²) < 4.78 is 0. The molecule has 1 aliphatic rings. The van der Waals surface area contributed by atoms with Crippen molar-refractivity contribution in [3.8, 4) is 6.07 Å². The zero-order valence-electron chi connectivity index (χ0n) is 10.7. The molecule has 5 nitrogen and oxygen atoms in total. The molecule has 1 saturated heterocycles. The van der Waals surface area contributed by atoms with Crippen molar-refractivity contribution in [2.75, 3.05) is 18.4 Å². The van der Waals surface area contributed by atoms with Crippen LogP contribution in [0.3, 0.4) is 0 Å². The molecule has 0 saturated carbocycles. The average Bonchev–Trinajstić information content (AvgIpc) is 2.42. The smallest absolute Gasteiger partial charge is 0.321 e. The molecule has 0 bridgehead atoms. The van der Waals surface area contributed by atoms with Gasteiger partial charge in [0.15, 0.2) is 0 Å². The molecule has 5 heteroatoms. The number of nitrogens with one attached hydrogen (secondary N) is 1. The normalized spacial score (nSPS) is 18.8. The fourth-order valence-electron chi connectivity index (χ4n) is 2.07. The van der Waals surface area contributed by atoms with Crippen LogP contribution in [0.25, 0.3) is 0 Å². The lowest BCUT2D eigenvalue weighted by Gasteiger charge is -2.30. The van der Waals surface area contributed by atoms with E-state index in [1.165, 1.54) is 0 Å². The van der Waals surface area contributed by atoms with Gasteiger partial charge in [-0.15, -0.1) is 0 Å². The Hall–Kier alpha value is -2.35. The molecule has 0 spiro atoms. The molecular formula is C14H15N3O2.